The van der Waals surface area contributed by atoms with Gasteiger partial charge in [0.25, 0.3) is 5.56 Å². The number of thiophene rings is 1. The van der Waals surface area contributed by atoms with Gasteiger partial charge in [0.15, 0.2) is 5.16 Å². The van der Waals surface area contributed by atoms with Crippen LogP contribution >= 0.6 is 23.1 Å². The average Bonchev–Trinajstić information content (AvgIpc) is 3.36. The second kappa shape index (κ2) is 7.97. The van der Waals surface area contributed by atoms with Gasteiger partial charge in [0.05, 0.1) is 10.6 Å². The molecule has 1 aliphatic carbocycles. The Balaban J connectivity index is 1.61. The van der Waals surface area contributed by atoms with Gasteiger partial charge in [0.2, 0.25) is 5.91 Å². The Labute approximate surface area is 171 Å². The molecule has 4 rings (SSSR count). The molecule has 146 valence electrons. The van der Waals surface area contributed by atoms with Crippen LogP contribution in [0.3, 0.4) is 0 Å². The first kappa shape index (κ1) is 19.0. The van der Waals surface area contributed by atoms with Gasteiger partial charge < -0.3 is 11.2 Å². The van der Waals surface area contributed by atoms with Crippen molar-refractivity contribution in [2.45, 2.75) is 49.1 Å². The van der Waals surface area contributed by atoms with Gasteiger partial charge in [-0.3, -0.25) is 9.59 Å². The Kier molecular flexibility index (Phi) is 5.41. The van der Waals surface area contributed by atoms with Crippen LogP contribution in [0.25, 0.3) is 21.3 Å². The number of rotatable bonds is 5. The van der Waals surface area contributed by atoms with Crippen LogP contribution in [0, 0.1) is 0 Å². The van der Waals surface area contributed by atoms with E-state index in [9.17, 15) is 9.59 Å². The number of carbonyl (C=O) groups excluding carboxylic acids is 1. The minimum atomic E-state index is -0.381. The molecule has 1 saturated carbocycles. The van der Waals surface area contributed by atoms with Crippen LogP contribution in [0.5, 0.6) is 0 Å². The molecule has 3 N–H and O–H groups in total. The van der Waals surface area contributed by atoms with Crippen molar-refractivity contribution in [3.8, 4) is 11.1 Å². The van der Waals surface area contributed by atoms with Crippen LogP contribution in [0.15, 0.2) is 45.7 Å². The molecule has 1 unspecified atom stereocenters. The van der Waals surface area contributed by atoms with Crippen molar-refractivity contribution >= 4 is 39.2 Å². The molecular formula is C20H22N4O2S2. The van der Waals surface area contributed by atoms with Gasteiger partial charge in [-0.05, 0) is 25.3 Å². The third-order valence-electron chi connectivity index (χ3n) is 5.05. The molecule has 3 aromatic rings. The fourth-order valence-corrected chi connectivity index (χ4v) is 5.33. The third kappa shape index (κ3) is 3.66. The molecule has 0 radical (unpaired) electrons. The Hall–Kier alpha value is -2.32. The quantitative estimate of drug-likeness (QED) is 0.379. The fourth-order valence-electron chi connectivity index (χ4n) is 3.50. The zero-order valence-corrected chi connectivity index (χ0v) is 17.2. The lowest BCUT2D eigenvalue weighted by Gasteiger charge is -2.16. The van der Waals surface area contributed by atoms with Crippen molar-refractivity contribution in [1.29, 1.82) is 0 Å². The second-order valence-electron chi connectivity index (χ2n) is 7.02. The molecule has 2 heterocycles. The maximum atomic E-state index is 12.9. The number of hydrogen-bond donors (Lipinski definition) is 2. The number of nitrogens with two attached hydrogens (primary N) is 1. The second-order valence-corrected chi connectivity index (χ2v) is 9.18. The molecule has 0 saturated heterocycles. The van der Waals surface area contributed by atoms with E-state index in [1.807, 2.05) is 42.6 Å². The van der Waals surface area contributed by atoms with Crippen molar-refractivity contribution in [3.05, 3.63) is 46.1 Å². The molecule has 28 heavy (non-hydrogen) atoms. The highest BCUT2D eigenvalue weighted by atomic mass is 32.2. The zero-order chi connectivity index (χ0) is 19.7. The maximum absolute atomic E-state index is 12.9. The smallest absolute Gasteiger partial charge is 0.282 e. The van der Waals surface area contributed by atoms with E-state index in [4.69, 9.17) is 5.84 Å². The van der Waals surface area contributed by atoms with Crippen LogP contribution < -0.4 is 16.7 Å². The molecule has 1 aromatic carbocycles. The maximum Gasteiger partial charge on any atom is 0.282 e. The summed E-state index contributed by atoms with van der Waals surface area (Å²) in [5, 5.41) is 5.51. The molecule has 1 amide bonds. The van der Waals surface area contributed by atoms with E-state index >= 15 is 0 Å². The van der Waals surface area contributed by atoms with Gasteiger partial charge in [-0.25, -0.2) is 9.66 Å². The monoisotopic (exact) mass is 414 g/mol. The molecule has 0 aliphatic heterocycles. The average molecular weight is 415 g/mol. The Bertz CT molecular complexity index is 1060. The standard InChI is InChI=1S/C20H22N4O2S2/c1-12(17(25)22-14-9-5-6-10-14)28-20-23-18-16(19(26)24(20)21)15(11-27-18)13-7-3-2-4-8-13/h2-4,7-8,11-12,14H,5-6,9-10,21H2,1H3,(H,22,25). The third-order valence-corrected chi connectivity index (χ3v) is 6.98. The summed E-state index contributed by atoms with van der Waals surface area (Å²) in [4.78, 5) is 30.6. The Morgan fingerprint density at radius 2 is 2.04 bits per heavy atom. The van der Waals surface area contributed by atoms with Crippen molar-refractivity contribution < 1.29 is 4.79 Å². The lowest BCUT2D eigenvalue weighted by molar-refractivity contribution is -0.120. The predicted octanol–water partition coefficient (Wildman–Crippen LogP) is 3.38. The van der Waals surface area contributed by atoms with E-state index in [2.05, 4.69) is 10.3 Å². The Morgan fingerprint density at radius 1 is 1.32 bits per heavy atom. The molecule has 0 bridgehead atoms. The SMILES string of the molecule is CC(Sc1nc2scc(-c3ccccc3)c2c(=O)n1N)C(=O)NC1CCCC1. The highest BCUT2D eigenvalue weighted by Gasteiger charge is 2.24. The highest BCUT2D eigenvalue weighted by Crippen LogP contribution is 2.32. The van der Waals surface area contributed by atoms with Gasteiger partial charge in [-0.1, -0.05) is 54.9 Å². The van der Waals surface area contributed by atoms with Crippen molar-refractivity contribution in [1.82, 2.24) is 15.0 Å². The number of aromatic nitrogens is 2. The van der Waals surface area contributed by atoms with Crippen LogP contribution in [0.4, 0.5) is 0 Å². The summed E-state index contributed by atoms with van der Waals surface area (Å²) < 4.78 is 1.06. The Morgan fingerprint density at radius 3 is 2.75 bits per heavy atom. The van der Waals surface area contributed by atoms with E-state index < -0.39 is 0 Å². The van der Waals surface area contributed by atoms with E-state index in [0.717, 1.165) is 41.5 Å². The number of nitrogens with zero attached hydrogens (tertiary/aromatic N) is 2. The predicted molar refractivity (Wildman–Crippen MR) is 115 cm³/mol. The lowest BCUT2D eigenvalue weighted by atomic mass is 10.1. The minimum absolute atomic E-state index is 0.0394. The number of hydrogen-bond acceptors (Lipinski definition) is 6. The normalized spacial score (nSPS) is 15.8. The number of thioether (sulfide) groups is 1. The molecule has 1 aliphatic rings. The van der Waals surface area contributed by atoms with E-state index in [1.165, 1.54) is 23.1 Å². The van der Waals surface area contributed by atoms with Gasteiger partial charge in [0.1, 0.15) is 4.83 Å². The molecule has 6 nitrogen and oxygen atoms in total. The first-order valence-corrected chi connectivity index (χ1v) is 11.1. The summed E-state index contributed by atoms with van der Waals surface area (Å²) in [5.41, 5.74) is 1.49. The number of amides is 1. The summed E-state index contributed by atoms with van der Waals surface area (Å²) in [6.45, 7) is 1.81. The van der Waals surface area contributed by atoms with Crippen molar-refractivity contribution in [3.63, 3.8) is 0 Å². The highest BCUT2D eigenvalue weighted by molar-refractivity contribution is 8.00. The molecular weight excluding hydrogens is 392 g/mol. The van der Waals surface area contributed by atoms with Crippen molar-refractivity contribution in [2.75, 3.05) is 5.84 Å². The van der Waals surface area contributed by atoms with Gasteiger partial charge in [-0.2, -0.15) is 0 Å². The summed E-state index contributed by atoms with van der Waals surface area (Å²) in [5.74, 6) is 6.02. The summed E-state index contributed by atoms with van der Waals surface area (Å²) in [6, 6.07) is 9.98. The van der Waals surface area contributed by atoms with Crippen LogP contribution in [0.1, 0.15) is 32.6 Å². The van der Waals surface area contributed by atoms with Gasteiger partial charge in [0, 0.05) is 17.0 Å². The fraction of sp³-hybridized carbons (Fsp3) is 0.350. The van der Waals surface area contributed by atoms with E-state index in [-0.39, 0.29) is 22.8 Å². The van der Waals surface area contributed by atoms with Gasteiger partial charge in [-0.15, -0.1) is 11.3 Å². The number of nitrogen functional groups attached to an aromatic ring is 1. The number of nitrogens with one attached hydrogen (secondary N) is 1. The van der Waals surface area contributed by atoms with E-state index in [0.29, 0.717) is 15.4 Å². The first-order chi connectivity index (χ1) is 13.5. The van der Waals surface area contributed by atoms with Crippen molar-refractivity contribution in [2.24, 2.45) is 0 Å². The molecule has 0 spiro atoms. The largest absolute Gasteiger partial charge is 0.352 e. The van der Waals surface area contributed by atoms with Crippen LogP contribution in [0.2, 0.25) is 0 Å². The zero-order valence-electron chi connectivity index (χ0n) is 15.6. The molecule has 2 aromatic heterocycles. The van der Waals surface area contributed by atoms with E-state index in [1.54, 1.807) is 0 Å². The summed E-state index contributed by atoms with van der Waals surface area (Å²) in [6.07, 6.45) is 4.39. The lowest BCUT2D eigenvalue weighted by Crippen LogP contribution is -2.38. The summed E-state index contributed by atoms with van der Waals surface area (Å²) in [7, 11) is 0. The number of benzene rings is 1. The summed E-state index contributed by atoms with van der Waals surface area (Å²) >= 11 is 2.63. The molecule has 1 atom stereocenters. The molecule has 8 heteroatoms. The topological polar surface area (TPSA) is 90.0 Å². The minimum Gasteiger partial charge on any atom is -0.352 e. The molecule has 1 fully saturated rings. The van der Waals surface area contributed by atoms with Crippen LogP contribution in [-0.4, -0.2) is 26.9 Å². The first-order valence-electron chi connectivity index (χ1n) is 9.36. The number of carbonyl (C=O) groups is 1. The van der Waals surface area contributed by atoms with Crippen LogP contribution in [-0.2, 0) is 4.79 Å². The van der Waals surface area contributed by atoms with Gasteiger partial charge >= 0.3 is 0 Å². The number of fused-ring (bicyclic) bond motifs is 1.